The normalized spacial score (nSPS) is 17.9. The van der Waals surface area contributed by atoms with Gasteiger partial charge in [0, 0.05) is 18.9 Å². The summed E-state index contributed by atoms with van der Waals surface area (Å²) in [6.45, 7) is 0. The third kappa shape index (κ3) is 5.58. The molecule has 3 rings (SSSR count). The Morgan fingerprint density at radius 2 is 2.24 bits per heavy atom. The Balaban J connectivity index is 0.000000313. The zero-order chi connectivity index (χ0) is 14.2. The molecule has 0 fully saturated rings. The van der Waals surface area contributed by atoms with Crippen LogP contribution in [0.1, 0.15) is 12.1 Å². The topological polar surface area (TPSA) is 22.0 Å². The van der Waals surface area contributed by atoms with Crippen LogP contribution in [0.4, 0.5) is 0 Å². The van der Waals surface area contributed by atoms with Crippen molar-refractivity contribution in [1.29, 1.82) is 0 Å². The number of hydrogen-bond donors (Lipinski definition) is 0. The van der Waals surface area contributed by atoms with Gasteiger partial charge in [-0.2, -0.15) is 12.2 Å². The summed E-state index contributed by atoms with van der Waals surface area (Å²) in [5, 5.41) is 0. The van der Waals surface area contributed by atoms with Gasteiger partial charge < -0.3 is 4.57 Å². The van der Waals surface area contributed by atoms with E-state index in [9.17, 15) is 4.79 Å². The first-order chi connectivity index (χ1) is 9.77. The van der Waals surface area contributed by atoms with Crippen LogP contribution < -0.4 is 0 Å². The smallest absolute Gasteiger partial charge is 0.351 e. The molecule has 108 valence electrons. The summed E-state index contributed by atoms with van der Waals surface area (Å²) < 4.78 is 1.97. The molecule has 2 aliphatic carbocycles. The SMILES string of the molecule is Cn1cccc1/C=C/C(=O)C1[C-]=CC=C1.[C-]1=CC=CC1.[Fe+2]. The van der Waals surface area contributed by atoms with E-state index in [1.165, 1.54) is 0 Å². The number of aryl methyl sites for hydroxylation is 1. The molecule has 21 heavy (non-hydrogen) atoms. The molecule has 0 saturated carbocycles. The predicted molar refractivity (Wildman–Crippen MR) is 81.5 cm³/mol. The van der Waals surface area contributed by atoms with Crippen molar-refractivity contribution in [3.8, 4) is 0 Å². The van der Waals surface area contributed by atoms with E-state index in [-0.39, 0.29) is 28.8 Å². The minimum atomic E-state index is -0.193. The summed E-state index contributed by atoms with van der Waals surface area (Å²) in [5.74, 6) is -0.122. The van der Waals surface area contributed by atoms with Gasteiger partial charge >= 0.3 is 17.1 Å². The number of carbonyl (C=O) groups excluding carboxylic acids is 1. The van der Waals surface area contributed by atoms with E-state index in [1.807, 2.05) is 60.3 Å². The maximum atomic E-state index is 11.6. The Bertz CT molecular complexity index is 580. The van der Waals surface area contributed by atoms with Gasteiger partial charge in [0.25, 0.3) is 0 Å². The van der Waals surface area contributed by atoms with Crippen molar-refractivity contribution in [3.05, 3.63) is 78.7 Å². The molecule has 0 N–H and O–H groups in total. The van der Waals surface area contributed by atoms with E-state index in [2.05, 4.69) is 18.2 Å². The van der Waals surface area contributed by atoms with Gasteiger partial charge in [0.05, 0.1) is 0 Å². The molecule has 0 amide bonds. The van der Waals surface area contributed by atoms with Gasteiger partial charge in [-0.05, 0) is 30.2 Å². The fraction of sp³-hybridized carbons (Fsp3) is 0.167. The number of nitrogens with zero attached hydrogens (tertiary/aromatic N) is 1. The van der Waals surface area contributed by atoms with Crippen LogP contribution in [0.5, 0.6) is 0 Å². The predicted octanol–water partition coefficient (Wildman–Crippen LogP) is 3.46. The van der Waals surface area contributed by atoms with Gasteiger partial charge in [-0.25, -0.2) is 24.3 Å². The Labute approximate surface area is 136 Å². The minimum absolute atomic E-state index is 0. The van der Waals surface area contributed by atoms with E-state index in [0.717, 1.165) is 12.1 Å². The molecule has 0 saturated heterocycles. The van der Waals surface area contributed by atoms with Crippen molar-refractivity contribution >= 4 is 11.9 Å². The number of carbonyl (C=O) groups is 1. The minimum Gasteiger partial charge on any atom is -0.351 e. The number of allylic oxidation sites excluding steroid dienone is 9. The molecule has 2 aliphatic rings. The molecule has 1 atom stereocenters. The third-order valence-electron chi connectivity index (χ3n) is 2.97. The fourth-order valence-corrected chi connectivity index (χ4v) is 1.82. The van der Waals surface area contributed by atoms with Crippen molar-refractivity contribution in [1.82, 2.24) is 4.57 Å². The van der Waals surface area contributed by atoms with Crippen LogP contribution in [0, 0.1) is 18.1 Å². The summed E-state index contributed by atoms with van der Waals surface area (Å²) in [4.78, 5) is 11.6. The average molecular weight is 319 g/mol. The molecule has 0 aliphatic heterocycles. The van der Waals surface area contributed by atoms with Crippen LogP contribution in [-0.4, -0.2) is 10.4 Å². The van der Waals surface area contributed by atoms with Crippen LogP contribution in [-0.2, 0) is 28.9 Å². The fourth-order valence-electron chi connectivity index (χ4n) is 1.82. The quantitative estimate of drug-likeness (QED) is 0.475. The average Bonchev–Trinajstić information content (AvgIpc) is 3.20. The van der Waals surface area contributed by atoms with Crippen LogP contribution in [0.3, 0.4) is 0 Å². The number of ketones is 1. The molecule has 0 aromatic carbocycles. The summed E-state index contributed by atoms with van der Waals surface area (Å²) in [5.41, 5.74) is 1.02. The first-order valence-electron chi connectivity index (χ1n) is 6.58. The Kier molecular flexibility index (Phi) is 7.52. The first kappa shape index (κ1) is 17.2. The Morgan fingerprint density at radius 1 is 1.38 bits per heavy atom. The largest absolute Gasteiger partial charge is 2.00 e. The first-order valence-corrected chi connectivity index (χ1v) is 6.58. The Hall–Kier alpha value is -1.83. The molecular weight excluding hydrogens is 302 g/mol. The van der Waals surface area contributed by atoms with Gasteiger partial charge in [0.15, 0.2) is 0 Å². The molecule has 1 heterocycles. The molecule has 0 radical (unpaired) electrons. The van der Waals surface area contributed by atoms with E-state index in [0.29, 0.717) is 0 Å². The summed E-state index contributed by atoms with van der Waals surface area (Å²) in [6.07, 6.45) is 23.8. The zero-order valence-electron chi connectivity index (χ0n) is 11.8. The number of hydrogen-bond acceptors (Lipinski definition) is 1. The zero-order valence-corrected chi connectivity index (χ0v) is 12.9. The van der Waals surface area contributed by atoms with Crippen LogP contribution in [0.15, 0.2) is 60.9 Å². The third-order valence-corrected chi connectivity index (χ3v) is 2.97. The molecule has 1 aromatic heterocycles. The molecule has 2 nitrogen and oxygen atoms in total. The van der Waals surface area contributed by atoms with E-state index < -0.39 is 0 Å². The van der Waals surface area contributed by atoms with E-state index in [1.54, 1.807) is 12.2 Å². The van der Waals surface area contributed by atoms with E-state index in [4.69, 9.17) is 0 Å². The van der Waals surface area contributed by atoms with Crippen molar-refractivity contribution in [2.24, 2.45) is 13.0 Å². The van der Waals surface area contributed by atoms with Gasteiger partial charge in [-0.3, -0.25) is 16.9 Å². The molecule has 1 unspecified atom stereocenters. The second-order valence-electron chi connectivity index (χ2n) is 4.48. The molecular formula is C18H17FeNO. The second-order valence-corrected chi connectivity index (χ2v) is 4.48. The summed E-state index contributed by atoms with van der Waals surface area (Å²) >= 11 is 0. The Morgan fingerprint density at radius 3 is 2.71 bits per heavy atom. The van der Waals surface area contributed by atoms with E-state index >= 15 is 0 Å². The van der Waals surface area contributed by atoms with Gasteiger partial charge in [-0.15, -0.1) is 6.42 Å². The molecule has 0 spiro atoms. The summed E-state index contributed by atoms with van der Waals surface area (Å²) in [7, 11) is 1.95. The van der Waals surface area contributed by atoms with Crippen LogP contribution in [0.25, 0.3) is 6.08 Å². The summed E-state index contributed by atoms with van der Waals surface area (Å²) in [6, 6.07) is 3.92. The maximum absolute atomic E-state index is 11.6. The number of aromatic nitrogens is 1. The van der Waals surface area contributed by atoms with Crippen LogP contribution in [0.2, 0.25) is 0 Å². The van der Waals surface area contributed by atoms with Crippen molar-refractivity contribution in [2.45, 2.75) is 6.42 Å². The van der Waals surface area contributed by atoms with Crippen molar-refractivity contribution < 1.29 is 21.9 Å². The molecule has 0 bridgehead atoms. The number of rotatable bonds is 3. The molecule has 3 heteroatoms. The van der Waals surface area contributed by atoms with Crippen molar-refractivity contribution in [2.75, 3.05) is 0 Å². The monoisotopic (exact) mass is 319 g/mol. The second kappa shape index (κ2) is 9.17. The standard InChI is InChI=1S/C13H12NO.C5H5.Fe/c1-14-10-4-7-12(14)8-9-13(15)11-5-2-3-6-11;1-2-4-5-3-1;/h2-5,7-11H,1H3;1-3H,4H2;/q2*-1;+2/b9-8+;;. The van der Waals surface area contributed by atoms with Gasteiger partial charge in [-0.1, -0.05) is 0 Å². The van der Waals surface area contributed by atoms with Gasteiger partial charge in [0.1, 0.15) is 5.78 Å². The van der Waals surface area contributed by atoms with Gasteiger partial charge in [0.2, 0.25) is 0 Å². The van der Waals surface area contributed by atoms with Crippen molar-refractivity contribution in [3.63, 3.8) is 0 Å². The maximum Gasteiger partial charge on any atom is 2.00 e. The molecule has 1 aromatic rings. The van der Waals surface area contributed by atoms with Crippen LogP contribution >= 0.6 is 0 Å².